The highest BCUT2D eigenvalue weighted by Crippen LogP contribution is 2.28. The lowest BCUT2D eigenvalue weighted by Gasteiger charge is -2.25. The van der Waals surface area contributed by atoms with Crippen LogP contribution < -0.4 is 5.32 Å². The molecule has 2 N–H and O–H groups in total. The molecule has 0 aliphatic rings. The molecule has 0 aliphatic heterocycles. The van der Waals surface area contributed by atoms with Crippen molar-refractivity contribution in [2.45, 2.75) is 19.4 Å². The Morgan fingerprint density at radius 2 is 2.10 bits per heavy atom. The molecule has 0 saturated carbocycles. The number of hydrogen-bond donors (Lipinski definition) is 2. The van der Waals surface area contributed by atoms with Crippen LogP contribution >= 0.6 is 0 Å². The molecular formula is C13H17N3O4S. The van der Waals surface area contributed by atoms with Crippen LogP contribution in [-0.2, 0) is 15.4 Å². The zero-order valence-corrected chi connectivity index (χ0v) is 12.8. The Morgan fingerprint density at radius 1 is 1.43 bits per heavy atom. The minimum absolute atomic E-state index is 0.0621. The van der Waals surface area contributed by atoms with Gasteiger partial charge in [-0.05, 0) is 26.0 Å². The van der Waals surface area contributed by atoms with Crippen LogP contribution in [0.25, 0.3) is 10.9 Å². The van der Waals surface area contributed by atoms with Crippen molar-refractivity contribution in [1.29, 1.82) is 0 Å². The third-order valence-corrected chi connectivity index (χ3v) is 4.27. The fourth-order valence-corrected chi connectivity index (χ4v) is 3.87. The van der Waals surface area contributed by atoms with Gasteiger partial charge in [0.15, 0.2) is 0 Å². The first-order valence-corrected chi connectivity index (χ1v) is 8.31. The maximum absolute atomic E-state index is 11.6. The number of aromatic nitrogens is 2. The molecule has 7 nitrogen and oxygen atoms in total. The molecule has 0 bridgehead atoms. The van der Waals surface area contributed by atoms with E-state index in [2.05, 4.69) is 10.4 Å². The van der Waals surface area contributed by atoms with Gasteiger partial charge in [-0.2, -0.15) is 5.10 Å². The molecule has 0 saturated heterocycles. The molecule has 2 aromatic rings. The Labute approximate surface area is 122 Å². The summed E-state index contributed by atoms with van der Waals surface area (Å²) in [6.07, 6.45) is 1.55. The van der Waals surface area contributed by atoms with Crippen molar-refractivity contribution in [2.75, 3.05) is 17.3 Å². The van der Waals surface area contributed by atoms with Crippen LogP contribution in [0.3, 0.4) is 0 Å². The molecule has 0 spiro atoms. The number of sulfone groups is 1. The van der Waals surface area contributed by atoms with Crippen LogP contribution in [0.1, 0.15) is 13.8 Å². The first kappa shape index (κ1) is 15.3. The van der Waals surface area contributed by atoms with E-state index in [9.17, 15) is 13.2 Å². The van der Waals surface area contributed by atoms with Crippen molar-refractivity contribution < 1.29 is 18.3 Å². The number of anilines is 1. The van der Waals surface area contributed by atoms with Gasteiger partial charge in [-0.25, -0.2) is 13.2 Å². The summed E-state index contributed by atoms with van der Waals surface area (Å²) in [5.74, 6) is -0.0621. The summed E-state index contributed by atoms with van der Waals surface area (Å²) in [4.78, 5) is 10.8. The van der Waals surface area contributed by atoms with Crippen LogP contribution in [0.4, 0.5) is 10.5 Å². The molecule has 0 radical (unpaired) electrons. The zero-order chi connectivity index (χ0) is 15.8. The molecule has 21 heavy (non-hydrogen) atoms. The van der Waals surface area contributed by atoms with Gasteiger partial charge in [-0.1, -0.05) is 6.07 Å². The summed E-state index contributed by atoms with van der Waals surface area (Å²) >= 11 is 0. The van der Waals surface area contributed by atoms with Gasteiger partial charge in [0.1, 0.15) is 9.84 Å². The minimum atomic E-state index is -3.18. The topological polar surface area (TPSA) is 101 Å². The van der Waals surface area contributed by atoms with Crippen molar-refractivity contribution in [3.8, 4) is 0 Å². The number of hydrogen-bond acceptors (Lipinski definition) is 4. The molecular weight excluding hydrogens is 294 g/mol. The first-order valence-electron chi connectivity index (χ1n) is 6.25. The largest absolute Gasteiger partial charge is 0.465 e. The van der Waals surface area contributed by atoms with Gasteiger partial charge >= 0.3 is 6.09 Å². The van der Waals surface area contributed by atoms with Gasteiger partial charge in [0.2, 0.25) is 0 Å². The second kappa shape index (κ2) is 5.03. The van der Waals surface area contributed by atoms with Gasteiger partial charge < -0.3 is 5.11 Å². The number of carbonyl (C=O) groups is 1. The fourth-order valence-electron chi connectivity index (χ4n) is 2.46. The second-order valence-corrected chi connectivity index (χ2v) is 7.75. The van der Waals surface area contributed by atoms with E-state index in [1.165, 1.54) is 12.5 Å². The number of carboxylic acid groups (broad SMARTS) is 1. The average molecular weight is 311 g/mol. The summed E-state index contributed by atoms with van der Waals surface area (Å²) in [6.45, 7) is 3.55. The monoisotopic (exact) mass is 311 g/mol. The smallest absolute Gasteiger partial charge is 0.409 e. The molecule has 0 fully saturated rings. The molecule has 0 unspecified atom stereocenters. The highest BCUT2D eigenvalue weighted by atomic mass is 32.2. The van der Waals surface area contributed by atoms with E-state index in [1.807, 2.05) is 0 Å². The number of amides is 1. The Bertz CT molecular complexity index is 793. The zero-order valence-electron chi connectivity index (χ0n) is 12.0. The van der Waals surface area contributed by atoms with E-state index >= 15 is 0 Å². The number of nitrogens with one attached hydrogen (secondary N) is 1. The maximum atomic E-state index is 11.6. The molecule has 0 aliphatic carbocycles. The molecule has 1 aromatic heterocycles. The predicted molar refractivity (Wildman–Crippen MR) is 80.4 cm³/mol. The van der Waals surface area contributed by atoms with E-state index < -0.39 is 21.5 Å². The summed E-state index contributed by atoms with van der Waals surface area (Å²) in [5.41, 5.74) is 0.355. The lowest BCUT2D eigenvalue weighted by atomic mass is 10.1. The molecule has 1 amide bonds. The highest BCUT2D eigenvalue weighted by Gasteiger charge is 2.28. The fraction of sp³-hybridized carbons (Fsp3) is 0.385. The third-order valence-electron chi connectivity index (χ3n) is 3.04. The molecule has 1 aromatic carbocycles. The molecule has 114 valence electrons. The SMILES string of the molecule is CC(C)(CS(C)(=O)=O)n1ncc2c(NC(=O)O)cccc21. The standard InChI is InChI=1S/C13H17N3O4S/c1-13(2,8-21(3,19)20)16-11-6-4-5-10(15-12(17)18)9(11)7-14-16/h4-7,15H,8H2,1-3H3,(H,17,18). The van der Waals surface area contributed by atoms with Crippen molar-refractivity contribution in [1.82, 2.24) is 9.78 Å². The first-order chi connectivity index (χ1) is 9.60. The van der Waals surface area contributed by atoms with Crippen LogP contribution in [0.15, 0.2) is 24.4 Å². The average Bonchev–Trinajstić information content (AvgIpc) is 2.70. The number of benzene rings is 1. The Morgan fingerprint density at radius 3 is 2.67 bits per heavy atom. The van der Waals surface area contributed by atoms with E-state index in [-0.39, 0.29) is 5.75 Å². The maximum Gasteiger partial charge on any atom is 0.409 e. The molecule has 2 rings (SSSR count). The van der Waals surface area contributed by atoms with Crippen molar-refractivity contribution in [3.63, 3.8) is 0 Å². The van der Waals surface area contributed by atoms with Gasteiger partial charge in [0, 0.05) is 11.6 Å². The Kier molecular flexibility index (Phi) is 3.66. The Hall–Kier alpha value is -2.09. The third kappa shape index (κ3) is 3.33. The van der Waals surface area contributed by atoms with Crippen LogP contribution in [0.2, 0.25) is 0 Å². The summed E-state index contributed by atoms with van der Waals surface area (Å²) in [5, 5.41) is 16.0. The van der Waals surface area contributed by atoms with E-state index in [0.717, 1.165) is 0 Å². The molecule has 0 atom stereocenters. The van der Waals surface area contributed by atoms with Crippen molar-refractivity contribution in [3.05, 3.63) is 24.4 Å². The van der Waals surface area contributed by atoms with E-state index in [0.29, 0.717) is 16.6 Å². The van der Waals surface area contributed by atoms with Crippen LogP contribution in [0.5, 0.6) is 0 Å². The van der Waals surface area contributed by atoms with E-state index in [4.69, 9.17) is 5.11 Å². The molecule has 1 heterocycles. The van der Waals surface area contributed by atoms with Crippen LogP contribution in [-0.4, -0.2) is 41.4 Å². The number of fused-ring (bicyclic) bond motifs is 1. The summed E-state index contributed by atoms with van der Waals surface area (Å²) < 4.78 is 24.7. The highest BCUT2D eigenvalue weighted by molar-refractivity contribution is 7.90. The Balaban J connectivity index is 2.54. The summed E-state index contributed by atoms with van der Waals surface area (Å²) in [7, 11) is -3.18. The van der Waals surface area contributed by atoms with Crippen molar-refractivity contribution in [2.24, 2.45) is 0 Å². The lowest BCUT2D eigenvalue weighted by molar-refractivity contribution is 0.210. The number of nitrogens with zero attached hydrogens (tertiary/aromatic N) is 2. The number of rotatable bonds is 4. The minimum Gasteiger partial charge on any atom is -0.465 e. The van der Waals surface area contributed by atoms with Crippen molar-refractivity contribution >= 4 is 32.5 Å². The van der Waals surface area contributed by atoms with Gasteiger partial charge in [0.25, 0.3) is 0 Å². The van der Waals surface area contributed by atoms with Gasteiger partial charge in [0.05, 0.1) is 28.7 Å². The predicted octanol–water partition coefficient (Wildman–Crippen LogP) is 1.91. The second-order valence-electron chi connectivity index (χ2n) is 5.61. The van der Waals surface area contributed by atoms with E-state index in [1.54, 1.807) is 36.7 Å². The van der Waals surface area contributed by atoms with Gasteiger partial charge in [-0.3, -0.25) is 10.00 Å². The molecule has 8 heteroatoms. The normalized spacial score (nSPS) is 12.5. The van der Waals surface area contributed by atoms with Crippen LogP contribution in [0, 0.1) is 0 Å². The quantitative estimate of drug-likeness (QED) is 0.898. The lowest BCUT2D eigenvalue weighted by Crippen LogP contribution is -2.35. The summed E-state index contributed by atoms with van der Waals surface area (Å²) in [6, 6.07) is 5.10. The van der Waals surface area contributed by atoms with Gasteiger partial charge in [-0.15, -0.1) is 0 Å².